The minimum atomic E-state index is -0.483. The van der Waals surface area contributed by atoms with Crippen LogP contribution in [0, 0.1) is 0 Å². The van der Waals surface area contributed by atoms with E-state index in [1.54, 1.807) is 49.4 Å². The molecule has 1 unspecified atom stereocenters. The summed E-state index contributed by atoms with van der Waals surface area (Å²) in [6, 6.07) is 11.4. The second-order valence-electron chi connectivity index (χ2n) is 5.24. The molecule has 3 N–H and O–H groups in total. The largest absolute Gasteiger partial charge is 0.374 e. The van der Waals surface area contributed by atoms with Crippen molar-refractivity contribution < 1.29 is 9.59 Å². The van der Waals surface area contributed by atoms with Gasteiger partial charge in [-0.2, -0.15) is 0 Å². The molecule has 126 valence electrons. The second kappa shape index (κ2) is 8.04. The smallest absolute Gasteiger partial charge is 0.246 e. The van der Waals surface area contributed by atoms with Gasteiger partial charge < -0.3 is 16.0 Å². The molecule has 2 aromatic rings. The van der Waals surface area contributed by atoms with Crippen molar-refractivity contribution in [3.8, 4) is 0 Å². The van der Waals surface area contributed by atoms with Crippen LogP contribution in [-0.4, -0.2) is 17.9 Å². The third-order valence-electron chi connectivity index (χ3n) is 3.17. The third kappa shape index (κ3) is 5.15. The van der Waals surface area contributed by atoms with Gasteiger partial charge in [-0.1, -0.05) is 23.2 Å². The van der Waals surface area contributed by atoms with E-state index in [2.05, 4.69) is 16.0 Å². The van der Waals surface area contributed by atoms with Gasteiger partial charge in [0.25, 0.3) is 0 Å². The highest BCUT2D eigenvalue weighted by molar-refractivity contribution is 6.34. The fourth-order valence-corrected chi connectivity index (χ4v) is 2.35. The molecule has 0 heterocycles. The Labute approximate surface area is 150 Å². The Morgan fingerprint density at radius 2 is 1.58 bits per heavy atom. The molecular weight excluding hydrogens is 349 g/mol. The van der Waals surface area contributed by atoms with Crippen LogP contribution in [0.2, 0.25) is 10.0 Å². The van der Waals surface area contributed by atoms with Crippen LogP contribution in [0.1, 0.15) is 13.8 Å². The summed E-state index contributed by atoms with van der Waals surface area (Å²) in [5.41, 5.74) is 1.86. The minimum Gasteiger partial charge on any atom is -0.374 e. The van der Waals surface area contributed by atoms with Gasteiger partial charge in [-0.3, -0.25) is 9.59 Å². The summed E-state index contributed by atoms with van der Waals surface area (Å²) in [5.74, 6) is -0.396. The van der Waals surface area contributed by atoms with Crippen LogP contribution in [-0.2, 0) is 9.59 Å². The molecule has 0 aromatic heterocycles. The summed E-state index contributed by atoms with van der Waals surface area (Å²) in [7, 11) is 0. The molecule has 0 bridgehead atoms. The third-order valence-corrected chi connectivity index (χ3v) is 3.73. The van der Waals surface area contributed by atoms with Gasteiger partial charge in [0.1, 0.15) is 6.04 Å². The van der Waals surface area contributed by atoms with Gasteiger partial charge in [0.05, 0.1) is 10.7 Å². The Bertz CT molecular complexity index is 748. The van der Waals surface area contributed by atoms with E-state index >= 15 is 0 Å². The molecule has 2 amide bonds. The van der Waals surface area contributed by atoms with Gasteiger partial charge in [0.15, 0.2) is 0 Å². The number of anilines is 3. The van der Waals surface area contributed by atoms with Gasteiger partial charge in [0.2, 0.25) is 11.8 Å². The van der Waals surface area contributed by atoms with Crippen molar-refractivity contribution in [1.29, 1.82) is 0 Å². The van der Waals surface area contributed by atoms with E-state index in [1.807, 2.05) is 0 Å². The van der Waals surface area contributed by atoms with E-state index in [4.69, 9.17) is 23.2 Å². The fraction of sp³-hybridized carbons (Fsp3) is 0.176. The van der Waals surface area contributed by atoms with Crippen LogP contribution < -0.4 is 16.0 Å². The lowest BCUT2D eigenvalue weighted by atomic mass is 10.2. The van der Waals surface area contributed by atoms with E-state index in [0.29, 0.717) is 27.1 Å². The van der Waals surface area contributed by atoms with E-state index in [9.17, 15) is 9.59 Å². The Morgan fingerprint density at radius 1 is 0.958 bits per heavy atom. The minimum absolute atomic E-state index is 0.195. The van der Waals surface area contributed by atoms with Crippen molar-refractivity contribution in [2.24, 2.45) is 0 Å². The van der Waals surface area contributed by atoms with Crippen LogP contribution in [0.4, 0.5) is 17.1 Å². The molecule has 1 atom stereocenters. The lowest BCUT2D eigenvalue weighted by Crippen LogP contribution is -2.31. The maximum absolute atomic E-state index is 12.2. The van der Waals surface area contributed by atoms with Gasteiger partial charge in [-0.25, -0.2) is 0 Å². The first kappa shape index (κ1) is 18.1. The topological polar surface area (TPSA) is 70.2 Å². The molecule has 7 heteroatoms. The van der Waals surface area contributed by atoms with Crippen molar-refractivity contribution in [3.63, 3.8) is 0 Å². The summed E-state index contributed by atoms with van der Waals surface area (Å²) in [5, 5.41) is 9.47. The fourth-order valence-electron chi connectivity index (χ4n) is 2.00. The first-order valence-electron chi connectivity index (χ1n) is 7.25. The maximum Gasteiger partial charge on any atom is 0.246 e. The number of hydrogen-bond donors (Lipinski definition) is 3. The Morgan fingerprint density at radius 3 is 2.17 bits per heavy atom. The summed E-state index contributed by atoms with van der Waals surface area (Å²) >= 11 is 11.9. The highest BCUT2D eigenvalue weighted by atomic mass is 35.5. The highest BCUT2D eigenvalue weighted by Crippen LogP contribution is 2.26. The maximum atomic E-state index is 12.2. The molecule has 0 aliphatic carbocycles. The van der Waals surface area contributed by atoms with Gasteiger partial charge >= 0.3 is 0 Å². The number of nitrogens with one attached hydrogen (secondary N) is 3. The standard InChI is InChI=1S/C17H17Cl2N3O2/c1-10(17(24)22-13-5-3-12(18)4-6-13)20-14-7-8-16(15(19)9-14)21-11(2)23/h3-10,20H,1-2H3,(H,21,23)(H,22,24). The predicted molar refractivity (Wildman–Crippen MR) is 98.9 cm³/mol. The van der Waals surface area contributed by atoms with E-state index < -0.39 is 6.04 Å². The second-order valence-corrected chi connectivity index (χ2v) is 6.08. The lowest BCUT2D eigenvalue weighted by molar-refractivity contribution is -0.116. The number of hydrogen-bond acceptors (Lipinski definition) is 3. The van der Waals surface area contributed by atoms with Crippen LogP contribution in [0.5, 0.6) is 0 Å². The summed E-state index contributed by atoms with van der Waals surface area (Å²) < 4.78 is 0. The molecule has 0 fully saturated rings. The predicted octanol–water partition coefficient (Wildman–Crippen LogP) is 4.39. The average molecular weight is 366 g/mol. The van der Waals surface area contributed by atoms with Crippen LogP contribution in [0.25, 0.3) is 0 Å². The molecule has 0 aliphatic heterocycles. The first-order valence-corrected chi connectivity index (χ1v) is 8.01. The number of amides is 2. The van der Waals surface area contributed by atoms with Gasteiger partial charge in [-0.15, -0.1) is 0 Å². The van der Waals surface area contributed by atoms with Crippen molar-refractivity contribution in [2.75, 3.05) is 16.0 Å². The Kier molecular flexibility index (Phi) is 6.06. The molecule has 0 saturated carbocycles. The SMILES string of the molecule is CC(=O)Nc1ccc(NC(C)C(=O)Nc2ccc(Cl)cc2)cc1Cl. The lowest BCUT2D eigenvalue weighted by Gasteiger charge is -2.16. The van der Waals surface area contributed by atoms with Crippen LogP contribution in [0.15, 0.2) is 42.5 Å². The molecular formula is C17H17Cl2N3O2. The molecule has 24 heavy (non-hydrogen) atoms. The van der Waals surface area contributed by atoms with E-state index in [1.165, 1.54) is 6.92 Å². The molecule has 0 radical (unpaired) electrons. The van der Waals surface area contributed by atoms with E-state index in [0.717, 1.165) is 0 Å². The van der Waals surface area contributed by atoms with Crippen LogP contribution in [0.3, 0.4) is 0 Å². The molecule has 2 aromatic carbocycles. The first-order chi connectivity index (χ1) is 11.3. The molecule has 0 saturated heterocycles. The number of carbonyl (C=O) groups excluding carboxylic acids is 2. The molecule has 5 nitrogen and oxygen atoms in total. The normalized spacial score (nSPS) is 11.5. The average Bonchev–Trinajstić information content (AvgIpc) is 2.52. The van der Waals surface area contributed by atoms with Crippen molar-refractivity contribution in [3.05, 3.63) is 52.5 Å². The zero-order valence-corrected chi connectivity index (χ0v) is 14.7. The number of halogens is 2. The zero-order valence-electron chi connectivity index (χ0n) is 13.2. The Hall–Kier alpha value is -2.24. The van der Waals surface area contributed by atoms with Gasteiger partial charge in [-0.05, 0) is 49.4 Å². The number of carbonyl (C=O) groups is 2. The van der Waals surface area contributed by atoms with Crippen molar-refractivity contribution in [2.45, 2.75) is 19.9 Å². The quantitative estimate of drug-likeness (QED) is 0.735. The summed E-state index contributed by atoms with van der Waals surface area (Å²) in [6.07, 6.45) is 0. The van der Waals surface area contributed by atoms with Crippen molar-refractivity contribution in [1.82, 2.24) is 0 Å². The Balaban J connectivity index is 1.99. The van der Waals surface area contributed by atoms with Crippen LogP contribution >= 0.6 is 23.2 Å². The van der Waals surface area contributed by atoms with Crippen molar-refractivity contribution >= 4 is 52.1 Å². The molecule has 0 spiro atoms. The summed E-state index contributed by atoms with van der Waals surface area (Å²) in [4.78, 5) is 23.3. The number of rotatable bonds is 5. The highest BCUT2D eigenvalue weighted by Gasteiger charge is 2.13. The zero-order chi connectivity index (χ0) is 17.7. The summed E-state index contributed by atoms with van der Waals surface area (Å²) in [6.45, 7) is 3.15. The number of benzene rings is 2. The van der Waals surface area contributed by atoms with E-state index in [-0.39, 0.29) is 11.8 Å². The monoisotopic (exact) mass is 365 g/mol. The van der Waals surface area contributed by atoms with Gasteiger partial charge in [0, 0.05) is 23.3 Å². The molecule has 2 rings (SSSR count). The molecule has 0 aliphatic rings.